The van der Waals surface area contributed by atoms with E-state index in [0.717, 1.165) is 11.4 Å². The molecule has 6 heteroatoms. The molecule has 0 aliphatic carbocycles. The first-order valence-electron chi connectivity index (χ1n) is 6.83. The molecule has 0 radical (unpaired) electrons. The van der Waals surface area contributed by atoms with E-state index in [4.69, 9.17) is 17.3 Å². The first-order chi connectivity index (χ1) is 10.3. The zero-order valence-electron chi connectivity index (χ0n) is 12.2. The third kappa shape index (κ3) is 2.31. The van der Waals surface area contributed by atoms with E-state index in [1.807, 2.05) is 18.7 Å². The van der Waals surface area contributed by atoms with Crippen molar-refractivity contribution in [2.24, 2.45) is 5.73 Å². The van der Waals surface area contributed by atoms with Crippen LogP contribution in [-0.4, -0.2) is 17.4 Å². The van der Waals surface area contributed by atoms with Gasteiger partial charge in [-0.1, -0.05) is 25.4 Å². The highest BCUT2D eigenvalue weighted by Gasteiger charge is 2.38. The van der Waals surface area contributed by atoms with Crippen LogP contribution in [0.15, 0.2) is 30.3 Å². The van der Waals surface area contributed by atoms with Crippen molar-refractivity contribution in [1.29, 1.82) is 0 Å². The maximum atomic E-state index is 13.7. The summed E-state index contributed by atoms with van der Waals surface area (Å²) in [5, 5.41) is 0.0876. The van der Waals surface area contributed by atoms with E-state index < -0.39 is 11.7 Å². The molecule has 0 unspecified atom stereocenters. The molecule has 1 amide bonds. The van der Waals surface area contributed by atoms with E-state index in [0.29, 0.717) is 12.2 Å². The van der Waals surface area contributed by atoms with Gasteiger partial charge in [-0.3, -0.25) is 4.79 Å². The van der Waals surface area contributed by atoms with Gasteiger partial charge in [0.25, 0.3) is 5.91 Å². The molecular formula is C16H15ClFN3O. The summed E-state index contributed by atoms with van der Waals surface area (Å²) < 4.78 is 13.7. The Bertz CT molecular complexity index is 776. The van der Waals surface area contributed by atoms with Crippen molar-refractivity contribution < 1.29 is 9.18 Å². The Labute approximate surface area is 132 Å². The molecule has 0 spiro atoms. The number of amides is 1. The molecular weight excluding hydrogens is 305 g/mol. The van der Waals surface area contributed by atoms with Gasteiger partial charge in [0.05, 0.1) is 16.4 Å². The SMILES string of the molecule is CC1(C)CN(c2ccc(Cl)c(F)c2)c2ccc(C(N)=O)nc21. The maximum absolute atomic E-state index is 13.7. The van der Waals surface area contributed by atoms with E-state index in [1.165, 1.54) is 12.1 Å². The van der Waals surface area contributed by atoms with Gasteiger partial charge in [0.2, 0.25) is 0 Å². The monoisotopic (exact) mass is 319 g/mol. The van der Waals surface area contributed by atoms with Crippen LogP contribution in [0, 0.1) is 5.82 Å². The molecule has 2 N–H and O–H groups in total. The predicted octanol–water partition coefficient (Wildman–Crippen LogP) is 3.40. The Morgan fingerprint density at radius 1 is 1.36 bits per heavy atom. The minimum Gasteiger partial charge on any atom is -0.364 e. The molecule has 2 aromatic rings. The van der Waals surface area contributed by atoms with Crippen molar-refractivity contribution in [2.45, 2.75) is 19.3 Å². The average molecular weight is 320 g/mol. The normalized spacial score (nSPS) is 15.7. The van der Waals surface area contributed by atoms with Gasteiger partial charge >= 0.3 is 0 Å². The highest BCUT2D eigenvalue weighted by molar-refractivity contribution is 6.30. The summed E-state index contributed by atoms with van der Waals surface area (Å²) in [6, 6.07) is 8.07. The minimum absolute atomic E-state index is 0.0876. The lowest BCUT2D eigenvalue weighted by atomic mass is 9.91. The van der Waals surface area contributed by atoms with Gasteiger partial charge in [0.1, 0.15) is 11.5 Å². The fraction of sp³-hybridized carbons (Fsp3) is 0.250. The number of nitrogens with two attached hydrogens (primary N) is 1. The topological polar surface area (TPSA) is 59.2 Å². The van der Waals surface area contributed by atoms with Crippen LogP contribution in [0.2, 0.25) is 5.02 Å². The Morgan fingerprint density at radius 2 is 2.09 bits per heavy atom. The number of pyridine rings is 1. The van der Waals surface area contributed by atoms with Gasteiger partial charge in [-0.25, -0.2) is 9.37 Å². The standard InChI is InChI=1S/C16H15ClFN3O/c1-16(2)8-21(9-3-4-10(17)11(18)7-9)13-6-5-12(15(19)22)20-14(13)16/h3-7H,8H2,1-2H3,(H2,19,22). The third-order valence-electron chi connectivity index (χ3n) is 3.83. The molecule has 3 rings (SSSR count). The number of anilines is 2. The summed E-state index contributed by atoms with van der Waals surface area (Å²) in [5.41, 5.74) is 7.57. The van der Waals surface area contributed by atoms with Crippen molar-refractivity contribution in [1.82, 2.24) is 4.98 Å². The second kappa shape index (κ2) is 4.95. The Kier molecular flexibility index (Phi) is 3.33. The molecule has 0 atom stereocenters. The molecule has 22 heavy (non-hydrogen) atoms. The van der Waals surface area contributed by atoms with Gasteiger partial charge in [-0.2, -0.15) is 0 Å². The zero-order valence-corrected chi connectivity index (χ0v) is 13.0. The fourth-order valence-corrected chi connectivity index (χ4v) is 2.86. The number of benzene rings is 1. The highest BCUT2D eigenvalue weighted by Crippen LogP contribution is 2.43. The van der Waals surface area contributed by atoms with E-state index in [2.05, 4.69) is 4.98 Å². The van der Waals surface area contributed by atoms with Crippen LogP contribution >= 0.6 is 11.6 Å². The fourth-order valence-electron chi connectivity index (χ4n) is 2.74. The number of carbonyl (C=O) groups is 1. The lowest BCUT2D eigenvalue weighted by molar-refractivity contribution is 0.0995. The van der Waals surface area contributed by atoms with Gasteiger partial charge < -0.3 is 10.6 Å². The van der Waals surface area contributed by atoms with Crippen LogP contribution in [0.25, 0.3) is 0 Å². The van der Waals surface area contributed by atoms with Crippen LogP contribution in [0.1, 0.15) is 30.0 Å². The van der Waals surface area contributed by atoms with E-state index in [1.54, 1.807) is 18.2 Å². The average Bonchev–Trinajstić information content (AvgIpc) is 2.73. The molecule has 1 aromatic heterocycles. The van der Waals surface area contributed by atoms with Crippen LogP contribution in [-0.2, 0) is 5.41 Å². The Hall–Kier alpha value is -2.14. The largest absolute Gasteiger partial charge is 0.364 e. The van der Waals surface area contributed by atoms with Gasteiger partial charge in [-0.15, -0.1) is 0 Å². The van der Waals surface area contributed by atoms with Crippen LogP contribution < -0.4 is 10.6 Å². The van der Waals surface area contributed by atoms with Gasteiger partial charge in [0, 0.05) is 17.6 Å². The van der Waals surface area contributed by atoms with E-state index in [-0.39, 0.29) is 16.1 Å². The number of halogens is 2. The number of hydrogen-bond donors (Lipinski definition) is 1. The third-order valence-corrected chi connectivity index (χ3v) is 4.13. The lowest BCUT2D eigenvalue weighted by Gasteiger charge is -2.22. The summed E-state index contributed by atoms with van der Waals surface area (Å²) in [6.07, 6.45) is 0. The second-order valence-corrected chi connectivity index (χ2v) is 6.40. The number of aromatic nitrogens is 1. The van der Waals surface area contributed by atoms with Gasteiger partial charge in [-0.05, 0) is 30.3 Å². The van der Waals surface area contributed by atoms with Crippen molar-refractivity contribution in [3.8, 4) is 0 Å². The van der Waals surface area contributed by atoms with Crippen molar-refractivity contribution in [3.63, 3.8) is 0 Å². The maximum Gasteiger partial charge on any atom is 0.267 e. The molecule has 4 nitrogen and oxygen atoms in total. The summed E-state index contributed by atoms with van der Waals surface area (Å²) >= 11 is 5.74. The predicted molar refractivity (Wildman–Crippen MR) is 84.2 cm³/mol. The zero-order chi connectivity index (χ0) is 16.1. The number of fused-ring (bicyclic) bond motifs is 1. The van der Waals surface area contributed by atoms with E-state index in [9.17, 15) is 9.18 Å². The molecule has 0 bridgehead atoms. The molecule has 1 aromatic carbocycles. The molecule has 0 saturated carbocycles. The van der Waals surface area contributed by atoms with Crippen LogP contribution in [0.3, 0.4) is 0 Å². The van der Waals surface area contributed by atoms with Gasteiger partial charge in [0.15, 0.2) is 0 Å². The Morgan fingerprint density at radius 3 is 2.73 bits per heavy atom. The number of hydrogen-bond acceptors (Lipinski definition) is 3. The summed E-state index contributed by atoms with van der Waals surface area (Å²) in [6.45, 7) is 4.67. The molecule has 2 heterocycles. The highest BCUT2D eigenvalue weighted by atomic mass is 35.5. The molecule has 0 saturated heterocycles. The molecule has 1 aliphatic heterocycles. The lowest BCUT2D eigenvalue weighted by Crippen LogP contribution is -2.25. The van der Waals surface area contributed by atoms with Crippen molar-refractivity contribution >= 4 is 28.9 Å². The first-order valence-corrected chi connectivity index (χ1v) is 7.21. The number of primary amides is 1. The quantitative estimate of drug-likeness (QED) is 0.923. The molecule has 0 fully saturated rings. The number of nitrogens with zero attached hydrogens (tertiary/aromatic N) is 2. The summed E-state index contributed by atoms with van der Waals surface area (Å²) in [4.78, 5) is 17.7. The molecule has 114 valence electrons. The minimum atomic E-state index is -0.561. The first kappa shape index (κ1) is 14.8. The van der Waals surface area contributed by atoms with E-state index >= 15 is 0 Å². The van der Waals surface area contributed by atoms with Crippen molar-refractivity contribution in [2.75, 3.05) is 11.4 Å². The smallest absolute Gasteiger partial charge is 0.267 e. The summed E-state index contributed by atoms with van der Waals surface area (Å²) in [5.74, 6) is -1.03. The Balaban J connectivity index is 2.11. The second-order valence-electron chi connectivity index (χ2n) is 6.00. The summed E-state index contributed by atoms with van der Waals surface area (Å²) in [7, 11) is 0. The number of carbonyl (C=O) groups excluding carboxylic acids is 1. The molecule has 1 aliphatic rings. The van der Waals surface area contributed by atoms with Crippen LogP contribution in [0.5, 0.6) is 0 Å². The van der Waals surface area contributed by atoms with Crippen molar-refractivity contribution in [3.05, 3.63) is 52.6 Å². The van der Waals surface area contributed by atoms with Crippen LogP contribution in [0.4, 0.5) is 15.8 Å². The number of rotatable bonds is 2.